The van der Waals surface area contributed by atoms with E-state index in [1.807, 2.05) is 73.1 Å². The van der Waals surface area contributed by atoms with Crippen molar-refractivity contribution < 1.29 is 8.83 Å². The summed E-state index contributed by atoms with van der Waals surface area (Å²) in [6.45, 7) is 4.46. The number of unbranched alkanes of at least 4 members (excludes halogenated alkanes) is 2. The van der Waals surface area contributed by atoms with Gasteiger partial charge >= 0.3 is 0 Å². The molecule has 7 rings (SSSR count). The fourth-order valence-corrected chi connectivity index (χ4v) is 6.30. The SMILES string of the molecule is CCCCc1cc(-c2ccc(C=Nc3ccccc3)cc2)oc1-c1ccc(-c2oc(-c3ccc(C=Nc4ccccc4)cc3)cc2CCCC)cc1. The van der Waals surface area contributed by atoms with Crippen LogP contribution in [0.25, 0.3) is 45.3 Å². The van der Waals surface area contributed by atoms with Crippen molar-refractivity contribution in [3.05, 3.63) is 168 Å². The van der Waals surface area contributed by atoms with Crippen LogP contribution in [-0.2, 0) is 12.8 Å². The van der Waals surface area contributed by atoms with Gasteiger partial charge in [-0.1, -0.05) is 136 Å². The van der Waals surface area contributed by atoms with Gasteiger partial charge in [0, 0.05) is 34.7 Å². The molecule has 0 aliphatic rings. The highest BCUT2D eigenvalue weighted by Crippen LogP contribution is 2.37. The van der Waals surface area contributed by atoms with E-state index in [1.165, 1.54) is 11.1 Å². The van der Waals surface area contributed by atoms with Gasteiger partial charge in [-0.3, -0.25) is 9.98 Å². The molecule has 0 radical (unpaired) electrons. The van der Waals surface area contributed by atoms with E-state index < -0.39 is 0 Å². The fraction of sp³-hybridized carbons (Fsp3) is 0.167. The second-order valence-corrected chi connectivity index (χ2v) is 13.1. The van der Waals surface area contributed by atoms with Gasteiger partial charge in [0.2, 0.25) is 0 Å². The van der Waals surface area contributed by atoms with Gasteiger partial charge in [0.1, 0.15) is 23.0 Å². The molecule has 0 N–H and O–H groups in total. The molecular formula is C48H44N2O2. The van der Waals surface area contributed by atoms with Crippen LogP contribution in [0.5, 0.6) is 0 Å². The molecule has 258 valence electrons. The maximum absolute atomic E-state index is 6.62. The first-order valence-corrected chi connectivity index (χ1v) is 18.4. The van der Waals surface area contributed by atoms with Crippen LogP contribution in [0, 0.1) is 0 Å². The average molecular weight is 681 g/mol. The number of aryl methyl sites for hydroxylation is 2. The number of nitrogens with zero attached hydrogens (tertiary/aromatic N) is 2. The third kappa shape index (κ3) is 8.47. The van der Waals surface area contributed by atoms with Gasteiger partial charge in [0.05, 0.1) is 11.4 Å². The maximum Gasteiger partial charge on any atom is 0.137 e. The molecule has 2 aromatic heterocycles. The minimum absolute atomic E-state index is 0.881. The van der Waals surface area contributed by atoms with Crippen molar-refractivity contribution in [1.82, 2.24) is 0 Å². The van der Waals surface area contributed by atoms with Gasteiger partial charge in [-0.05, 0) is 84.3 Å². The van der Waals surface area contributed by atoms with E-state index in [0.29, 0.717) is 0 Å². The molecule has 0 saturated carbocycles. The Morgan fingerprint density at radius 3 is 1.17 bits per heavy atom. The van der Waals surface area contributed by atoms with E-state index in [4.69, 9.17) is 8.83 Å². The molecule has 4 nitrogen and oxygen atoms in total. The predicted molar refractivity (Wildman–Crippen MR) is 217 cm³/mol. The molecule has 0 amide bonds. The molecule has 0 saturated heterocycles. The summed E-state index contributed by atoms with van der Waals surface area (Å²) >= 11 is 0. The fourth-order valence-electron chi connectivity index (χ4n) is 6.30. The van der Waals surface area contributed by atoms with Gasteiger partial charge in [0.25, 0.3) is 0 Å². The Hall–Kier alpha value is -6.00. The minimum Gasteiger partial charge on any atom is -0.456 e. The van der Waals surface area contributed by atoms with E-state index in [2.05, 4.69) is 109 Å². The van der Waals surface area contributed by atoms with E-state index in [9.17, 15) is 0 Å². The van der Waals surface area contributed by atoms with E-state index in [-0.39, 0.29) is 0 Å². The largest absolute Gasteiger partial charge is 0.456 e. The van der Waals surface area contributed by atoms with Crippen LogP contribution in [0.1, 0.15) is 61.8 Å². The van der Waals surface area contributed by atoms with Crippen LogP contribution >= 0.6 is 0 Å². The summed E-state index contributed by atoms with van der Waals surface area (Å²) in [5.41, 5.74) is 10.7. The zero-order chi connectivity index (χ0) is 35.5. The van der Waals surface area contributed by atoms with Crippen LogP contribution < -0.4 is 0 Å². The normalized spacial score (nSPS) is 11.6. The molecule has 0 aliphatic heterocycles. The zero-order valence-corrected chi connectivity index (χ0v) is 30.0. The number of hydrogen-bond acceptors (Lipinski definition) is 4. The Morgan fingerprint density at radius 2 is 0.808 bits per heavy atom. The Morgan fingerprint density at radius 1 is 0.442 bits per heavy atom. The van der Waals surface area contributed by atoms with Crippen molar-refractivity contribution >= 4 is 23.8 Å². The zero-order valence-electron chi connectivity index (χ0n) is 30.0. The summed E-state index contributed by atoms with van der Waals surface area (Å²) in [5.74, 6) is 3.64. The monoisotopic (exact) mass is 680 g/mol. The van der Waals surface area contributed by atoms with Gasteiger partial charge in [-0.15, -0.1) is 0 Å². The molecule has 0 fully saturated rings. The Bertz CT molecular complexity index is 2060. The predicted octanol–water partition coefficient (Wildman–Crippen LogP) is 13.7. The summed E-state index contributed by atoms with van der Waals surface area (Å²) < 4.78 is 13.2. The van der Waals surface area contributed by atoms with Crippen molar-refractivity contribution in [3.8, 4) is 45.3 Å². The molecule has 0 unspecified atom stereocenters. The number of para-hydroxylation sites is 2. The lowest BCUT2D eigenvalue weighted by molar-refractivity contribution is 0.591. The lowest BCUT2D eigenvalue weighted by Gasteiger charge is -2.06. The molecule has 2 heterocycles. The number of benzene rings is 5. The second kappa shape index (κ2) is 16.8. The quantitative estimate of drug-likeness (QED) is 0.107. The van der Waals surface area contributed by atoms with E-state index >= 15 is 0 Å². The average Bonchev–Trinajstić information content (AvgIpc) is 3.84. The van der Waals surface area contributed by atoms with E-state index in [0.717, 1.165) is 106 Å². The second-order valence-electron chi connectivity index (χ2n) is 13.1. The van der Waals surface area contributed by atoms with Gasteiger partial charge in [-0.25, -0.2) is 0 Å². The Balaban J connectivity index is 1.12. The first-order chi connectivity index (χ1) is 25.7. The lowest BCUT2D eigenvalue weighted by atomic mass is 10.00. The maximum atomic E-state index is 6.62. The Labute approximate surface area is 307 Å². The third-order valence-electron chi connectivity index (χ3n) is 9.25. The summed E-state index contributed by atoms with van der Waals surface area (Å²) in [6.07, 6.45) is 10.2. The molecule has 0 bridgehead atoms. The summed E-state index contributed by atoms with van der Waals surface area (Å²) in [7, 11) is 0. The first kappa shape index (κ1) is 34.4. The van der Waals surface area contributed by atoms with Crippen LogP contribution in [0.4, 0.5) is 11.4 Å². The van der Waals surface area contributed by atoms with Gasteiger partial charge in [-0.2, -0.15) is 0 Å². The van der Waals surface area contributed by atoms with Crippen molar-refractivity contribution in [1.29, 1.82) is 0 Å². The number of rotatable bonds is 14. The van der Waals surface area contributed by atoms with Crippen LogP contribution in [0.15, 0.2) is 164 Å². The summed E-state index contributed by atoms with van der Waals surface area (Å²) in [6, 6.07) is 49.9. The molecule has 7 aromatic rings. The van der Waals surface area contributed by atoms with Gasteiger partial charge in [0.15, 0.2) is 0 Å². The highest BCUT2D eigenvalue weighted by Gasteiger charge is 2.18. The number of aliphatic imine (C=N–C) groups is 2. The van der Waals surface area contributed by atoms with Crippen LogP contribution in [-0.4, -0.2) is 12.4 Å². The minimum atomic E-state index is 0.881. The van der Waals surface area contributed by atoms with Crippen molar-refractivity contribution in [2.24, 2.45) is 9.98 Å². The standard InChI is InChI=1S/C48H44N2O2/c1-3-5-13-41-31-45(37-23-19-35(20-24-37)33-49-43-15-9-7-10-16-43)51-47(41)39-27-29-40(30-28-39)48-42(14-6-4-2)32-46(52-48)38-25-21-36(22-26-38)34-50-44-17-11-8-12-18-44/h7-12,15-34H,3-6,13-14H2,1-2H3. The molecule has 52 heavy (non-hydrogen) atoms. The molecule has 0 aliphatic carbocycles. The summed E-state index contributed by atoms with van der Waals surface area (Å²) in [4.78, 5) is 9.19. The highest BCUT2D eigenvalue weighted by molar-refractivity contribution is 5.84. The number of furan rings is 2. The van der Waals surface area contributed by atoms with E-state index in [1.54, 1.807) is 0 Å². The summed E-state index contributed by atoms with van der Waals surface area (Å²) in [5, 5.41) is 0. The van der Waals surface area contributed by atoms with Crippen LogP contribution in [0.2, 0.25) is 0 Å². The highest BCUT2D eigenvalue weighted by atomic mass is 16.3. The molecule has 4 heteroatoms. The Kier molecular flexibility index (Phi) is 11.1. The molecule has 0 atom stereocenters. The molecular weight excluding hydrogens is 637 g/mol. The smallest absolute Gasteiger partial charge is 0.137 e. The molecule has 5 aromatic carbocycles. The van der Waals surface area contributed by atoms with Crippen molar-refractivity contribution in [3.63, 3.8) is 0 Å². The number of hydrogen-bond donors (Lipinski definition) is 0. The van der Waals surface area contributed by atoms with Crippen LogP contribution in [0.3, 0.4) is 0 Å². The molecule has 0 spiro atoms. The van der Waals surface area contributed by atoms with Crippen molar-refractivity contribution in [2.45, 2.75) is 52.4 Å². The topological polar surface area (TPSA) is 51.0 Å². The van der Waals surface area contributed by atoms with Crippen molar-refractivity contribution in [2.75, 3.05) is 0 Å². The first-order valence-electron chi connectivity index (χ1n) is 18.4. The van der Waals surface area contributed by atoms with Gasteiger partial charge < -0.3 is 8.83 Å². The third-order valence-corrected chi connectivity index (χ3v) is 9.25. The lowest BCUT2D eigenvalue weighted by Crippen LogP contribution is -1.87.